The zero-order chi connectivity index (χ0) is 21.0. The van der Waals surface area contributed by atoms with Crippen LogP contribution in [0, 0.1) is 11.7 Å². The Bertz CT molecular complexity index is 1000. The van der Waals surface area contributed by atoms with Crippen molar-refractivity contribution in [1.82, 2.24) is 9.97 Å². The van der Waals surface area contributed by atoms with Gasteiger partial charge in [-0.1, -0.05) is 43.5 Å². The largest absolute Gasteiger partial charge is 0.461 e. The summed E-state index contributed by atoms with van der Waals surface area (Å²) in [6, 6.07) is 5.73. The number of nitrogens with one attached hydrogen (secondary N) is 1. The van der Waals surface area contributed by atoms with Gasteiger partial charge in [-0.2, -0.15) is 0 Å². The van der Waals surface area contributed by atoms with Crippen molar-refractivity contribution in [2.75, 3.05) is 12.4 Å². The Morgan fingerprint density at radius 3 is 2.76 bits per heavy atom. The predicted molar refractivity (Wildman–Crippen MR) is 112 cm³/mol. The van der Waals surface area contributed by atoms with E-state index in [0.717, 1.165) is 12.2 Å². The predicted octanol–water partition coefficient (Wildman–Crippen LogP) is 3.99. The summed E-state index contributed by atoms with van der Waals surface area (Å²) in [6.45, 7) is 7.35. The molecule has 1 N–H and O–H groups in total. The van der Waals surface area contributed by atoms with Gasteiger partial charge in [0, 0.05) is 17.4 Å². The van der Waals surface area contributed by atoms with E-state index in [4.69, 9.17) is 4.74 Å². The summed E-state index contributed by atoms with van der Waals surface area (Å²) < 4.78 is 18.7. The number of hydrogen-bond donors (Lipinski definition) is 1. The maximum atomic E-state index is 13.5. The summed E-state index contributed by atoms with van der Waals surface area (Å²) in [6.07, 6.45) is 2.41. The molecule has 2 aromatic rings. The lowest BCUT2D eigenvalue weighted by atomic mass is 9.77. The number of aromatic nitrogens is 2. The quantitative estimate of drug-likeness (QED) is 0.320. The minimum atomic E-state index is -0.815. The van der Waals surface area contributed by atoms with Crippen LogP contribution in [0.5, 0.6) is 0 Å². The van der Waals surface area contributed by atoms with Crippen LogP contribution in [0.2, 0.25) is 0 Å². The summed E-state index contributed by atoms with van der Waals surface area (Å²) >= 11 is 1.44. The second kappa shape index (κ2) is 9.17. The molecule has 1 aliphatic rings. The van der Waals surface area contributed by atoms with Crippen molar-refractivity contribution in [3.63, 3.8) is 0 Å². The Kier molecular flexibility index (Phi) is 6.64. The standard InChI is InChI=1S/C21H22FN3O3S/c1-4-10-28-20(27)15-12(3)23-18-17(16(15)13-6-8-14(22)9-7-13)19(26)25-21(24-18)29-11-5-2/h4,6-9,15-16H,1,5,10-11H2,2-3H3,(H,24,25,26). The van der Waals surface area contributed by atoms with E-state index in [9.17, 15) is 14.0 Å². The molecule has 0 spiro atoms. The molecule has 1 aromatic carbocycles. The molecule has 2 heterocycles. The fourth-order valence-electron chi connectivity index (χ4n) is 3.29. The highest BCUT2D eigenvalue weighted by Crippen LogP contribution is 2.40. The van der Waals surface area contributed by atoms with Gasteiger partial charge in [-0.05, 0) is 31.0 Å². The summed E-state index contributed by atoms with van der Waals surface area (Å²) in [5.74, 6) is -1.32. The van der Waals surface area contributed by atoms with Crippen LogP contribution in [-0.4, -0.2) is 34.0 Å². The van der Waals surface area contributed by atoms with Crippen LogP contribution in [0.15, 0.2) is 51.9 Å². The number of esters is 1. The third-order valence-corrected chi connectivity index (χ3v) is 5.64. The average molecular weight is 415 g/mol. The van der Waals surface area contributed by atoms with E-state index in [1.807, 2.05) is 6.92 Å². The highest BCUT2D eigenvalue weighted by atomic mass is 32.2. The average Bonchev–Trinajstić information content (AvgIpc) is 2.70. The van der Waals surface area contributed by atoms with Crippen molar-refractivity contribution in [2.45, 2.75) is 31.3 Å². The number of carbonyl (C=O) groups excluding carboxylic acids is 1. The summed E-state index contributed by atoms with van der Waals surface area (Å²) in [7, 11) is 0. The molecule has 0 saturated heterocycles. The lowest BCUT2D eigenvalue weighted by Crippen LogP contribution is -2.37. The maximum Gasteiger partial charge on any atom is 0.315 e. The topological polar surface area (TPSA) is 84.4 Å². The lowest BCUT2D eigenvalue weighted by Gasteiger charge is -2.30. The third kappa shape index (κ3) is 4.48. The van der Waals surface area contributed by atoms with E-state index < -0.39 is 23.6 Å². The number of aromatic amines is 1. The molecule has 29 heavy (non-hydrogen) atoms. The Labute approximate surface area is 172 Å². The molecule has 6 nitrogen and oxygen atoms in total. The molecular formula is C21H22FN3O3S. The highest BCUT2D eigenvalue weighted by molar-refractivity contribution is 7.99. The number of ether oxygens (including phenoxy) is 1. The second-order valence-electron chi connectivity index (χ2n) is 6.64. The number of rotatable bonds is 7. The van der Waals surface area contributed by atoms with Gasteiger partial charge in [0.1, 0.15) is 18.3 Å². The van der Waals surface area contributed by atoms with Gasteiger partial charge < -0.3 is 9.72 Å². The van der Waals surface area contributed by atoms with Crippen LogP contribution in [0.4, 0.5) is 10.2 Å². The minimum Gasteiger partial charge on any atom is -0.461 e. The number of carbonyl (C=O) groups is 1. The number of aliphatic imine (C=N–C) groups is 1. The molecule has 0 aliphatic carbocycles. The van der Waals surface area contributed by atoms with Crippen LogP contribution < -0.4 is 5.56 Å². The molecule has 2 atom stereocenters. The highest BCUT2D eigenvalue weighted by Gasteiger charge is 2.41. The molecule has 1 aromatic heterocycles. The number of hydrogen-bond acceptors (Lipinski definition) is 6. The molecule has 0 bridgehead atoms. The zero-order valence-corrected chi connectivity index (χ0v) is 17.1. The first kappa shape index (κ1) is 21.0. The minimum absolute atomic E-state index is 0.0484. The van der Waals surface area contributed by atoms with Gasteiger partial charge in [-0.25, -0.2) is 14.4 Å². The van der Waals surface area contributed by atoms with Crippen molar-refractivity contribution in [3.8, 4) is 0 Å². The maximum absolute atomic E-state index is 13.5. The fraction of sp³-hybridized carbons (Fsp3) is 0.333. The molecule has 1 aliphatic heterocycles. The number of benzene rings is 1. The number of H-pyrrole nitrogens is 1. The zero-order valence-electron chi connectivity index (χ0n) is 16.3. The van der Waals surface area contributed by atoms with Gasteiger partial charge in [0.15, 0.2) is 11.0 Å². The fourth-order valence-corrected chi connectivity index (χ4v) is 4.01. The Balaban J connectivity index is 2.15. The number of thioether (sulfide) groups is 1. The first-order valence-corrected chi connectivity index (χ1v) is 10.3. The molecule has 0 fully saturated rings. The van der Waals surface area contributed by atoms with Crippen LogP contribution in [0.3, 0.4) is 0 Å². The number of halogens is 1. The Hall–Kier alpha value is -2.74. The van der Waals surface area contributed by atoms with Crippen molar-refractivity contribution in [2.24, 2.45) is 10.9 Å². The van der Waals surface area contributed by atoms with E-state index in [1.165, 1.54) is 30.0 Å². The van der Waals surface area contributed by atoms with Crippen molar-refractivity contribution in [1.29, 1.82) is 0 Å². The van der Waals surface area contributed by atoms with E-state index in [2.05, 4.69) is 21.5 Å². The van der Waals surface area contributed by atoms with Crippen LogP contribution >= 0.6 is 11.8 Å². The molecule has 152 valence electrons. The molecule has 3 rings (SSSR count). The van der Waals surface area contributed by atoms with Gasteiger partial charge in [0.05, 0.1) is 5.56 Å². The van der Waals surface area contributed by atoms with Crippen LogP contribution in [0.1, 0.15) is 37.3 Å². The third-order valence-electron chi connectivity index (χ3n) is 4.56. The van der Waals surface area contributed by atoms with Gasteiger partial charge >= 0.3 is 5.97 Å². The van der Waals surface area contributed by atoms with E-state index in [0.29, 0.717) is 16.4 Å². The summed E-state index contributed by atoms with van der Waals surface area (Å²) in [5, 5.41) is 0.484. The van der Waals surface area contributed by atoms with E-state index in [-0.39, 0.29) is 23.5 Å². The molecule has 0 radical (unpaired) electrons. The molecule has 0 saturated carbocycles. The van der Waals surface area contributed by atoms with Crippen molar-refractivity contribution in [3.05, 3.63) is 64.2 Å². The van der Waals surface area contributed by atoms with E-state index >= 15 is 0 Å². The first-order valence-electron chi connectivity index (χ1n) is 9.31. The number of nitrogens with zero attached hydrogens (tertiary/aromatic N) is 2. The van der Waals surface area contributed by atoms with E-state index in [1.54, 1.807) is 19.1 Å². The normalized spacial score (nSPS) is 18.0. The van der Waals surface area contributed by atoms with Gasteiger partial charge in [0.25, 0.3) is 5.56 Å². The number of fused-ring (bicyclic) bond motifs is 1. The second-order valence-corrected chi connectivity index (χ2v) is 7.72. The lowest BCUT2D eigenvalue weighted by molar-refractivity contribution is -0.145. The molecule has 0 amide bonds. The van der Waals surface area contributed by atoms with Crippen molar-refractivity contribution >= 4 is 29.3 Å². The van der Waals surface area contributed by atoms with Crippen molar-refractivity contribution < 1.29 is 13.9 Å². The van der Waals surface area contributed by atoms with Gasteiger partial charge in [0.2, 0.25) is 0 Å². The Morgan fingerprint density at radius 2 is 2.10 bits per heavy atom. The molecule has 2 unspecified atom stereocenters. The Morgan fingerprint density at radius 1 is 1.38 bits per heavy atom. The van der Waals surface area contributed by atoms with Gasteiger partial charge in [-0.3, -0.25) is 9.59 Å². The van der Waals surface area contributed by atoms with Gasteiger partial charge in [-0.15, -0.1) is 0 Å². The smallest absolute Gasteiger partial charge is 0.315 e. The SMILES string of the molecule is C=CCOC(=O)C1C(C)=Nc2nc(SCCC)[nH]c(=O)c2C1c1ccc(F)cc1. The molecular weight excluding hydrogens is 393 g/mol. The summed E-state index contributed by atoms with van der Waals surface area (Å²) in [5.41, 5.74) is 1.03. The first-order chi connectivity index (χ1) is 14.0. The van der Waals surface area contributed by atoms with Crippen LogP contribution in [0.25, 0.3) is 0 Å². The van der Waals surface area contributed by atoms with Crippen LogP contribution in [-0.2, 0) is 9.53 Å². The monoisotopic (exact) mass is 415 g/mol. The molecule has 8 heteroatoms. The summed E-state index contributed by atoms with van der Waals surface area (Å²) in [4.78, 5) is 37.5.